The van der Waals surface area contributed by atoms with E-state index in [1.165, 1.54) is 0 Å². The lowest BCUT2D eigenvalue weighted by molar-refractivity contribution is 0.0962. The topological polar surface area (TPSA) is 81.6 Å². The van der Waals surface area contributed by atoms with Crippen molar-refractivity contribution >= 4 is 11.6 Å². The van der Waals surface area contributed by atoms with Gasteiger partial charge < -0.3 is 20.8 Å². The van der Waals surface area contributed by atoms with Crippen molar-refractivity contribution in [3.8, 4) is 0 Å². The summed E-state index contributed by atoms with van der Waals surface area (Å²) in [5, 5.41) is 23.6. The molecule has 0 bridgehead atoms. The fraction of sp³-hybridized carbons (Fsp3) is 0.417. The third-order valence-electron chi connectivity index (χ3n) is 2.47. The Morgan fingerprint density at radius 3 is 2.76 bits per heavy atom. The molecule has 1 rings (SSSR count). The molecule has 0 spiro atoms. The highest BCUT2D eigenvalue weighted by molar-refractivity contribution is 6.00. The van der Waals surface area contributed by atoms with E-state index in [2.05, 4.69) is 10.6 Å². The molecule has 1 aromatic carbocycles. The average molecular weight is 238 g/mol. The molecule has 17 heavy (non-hydrogen) atoms. The van der Waals surface area contributed by atoms with Crippen molar-refractivity contribution in [2.24, 2.45) is 0 Å². The van der Waals surface area contributed by atoms with Crippen molar-refractivity contribution in [1.82, 2.24) is 5.32 Å². The third-order valence-corrected chi connectivity index (χ3v) is 2.47. The molecular weight excluding hydrogens is 220 g/mol. The second-order valence-electron chi connectivity index (χ2n) is 3.79. The van der Waals surface area contributed by atoms with E-state index in [4.69, 9.17) is 5.11 Å². The number of rotatable bonds is 5. The molecule has 0 heterocycles. The van der Waals surface area contributed by atoms with Gasteiger partial charge in [-0.2, -0.15) is 0 Å². The fourth-order valence-corrected chi connectivity index (χ4v) is 1.51. The molecule has 0 saturated carbocycles. The van der Waals surface area contributed by atoms with Gasteiger partial charge in [0.25, 0.3) is 5.91 Å². The predicted molar refractivity (Wildman–Crippen MR) is 66.2 cm³/mol. The first-order valence-corrected chi connectivity index (χ1v) is 5.44. The number of benzene rings is 1. The molecule has 94 valence electrons. The van der Waals surface area contributed by atoms with E-state index in [0.717, 1.165) is 5.56 Å². The van der Waals surface area contributed by atoms with E-state index in [0.29, 0.717) is 11.3 Å². The predicted octanol–water partition coefficient (Wildman–Crippen LogP) is 0.120. The summed E-state index contributed by atoms with van der Waals surface area (Å²) in [7, 11) is 1.57. The van der Waals surface area contributed by atoms with Crippen LogP contribution < -0.4 is 10.6 Å². The zero-order chi connectivity index (χ0) is 12.8. The van der Waals surface area contributed by atoms with E-state index in [9.17, 15) is 9.90 Å². The normalized spacial score (nSPS) is 12.0. The first kappa shape index (κ1) is 13.5. The van der Waals surface area contributed by atoms with Gasteiger partial charge in [0, 0.05) is 19.3 Å². The molecule has 1 amide bonds. The Labute approximate surface area is 100 Å². The van der Waals surface area contributed by atoms with Gasteiger partial charge in [-0.3, -0.25) is 4.79 Å². The van der Waals surface area contributed by atoms with Gasteiger partial charge in [-0.15, -0.1) is 0 Å². The van der Waals surface area contributed by atoms with Crippen LogP contribution in [0.15, 0.2) is 18.2 Å². The number of hydrogen-bond acceptors (Lipinski definition) is 4. The fourth-order valence-electron chi connectivity index (χ4n) is 1.51. The second kappa shape index (κ2) is 6.22. The molecule has 1 atom stereocenters. The van der Waals surface area contributed by atoms with Crippen molar-refractivity contribution < 1.29 is 15.0 Å². The zero-order valence-corrected chi connectivity index (χ0v) is 10.0. The van der Waals surface area contributed by atoms with Crippen LogP contribution in [0.4, 0.5) is 5.69 Å². The van der Waals surface area contributed by atoms with E-state index >= 15 is 0 Å². The molecule has 1 unspecified atom stereocenters. The van der Waals surface area contributed by atoms with Crippen molar-refractivity contribution in [3.05, 3.63) is 29.3 Å². The monoisotopic (exact) mass is 238 g/mol. The standard InChI is InChI=1S/C12H18N2O3/c1-8-4-3-5-10(12(17)13-2)11(8)14-6-9(16)7-15/h3-5,9,14-16H,6-7H2,1-2H3,(H,13,17). The van der Waals surface area contributed by atoms with Gasteiger partial charge in [-0.05, 0) is 18.6 Å². The molecule has 0 aliphatic heterocycles. The van der Waals surface area contributed by atoms with Crippen LogP contribution in [0.2, 0.25) is 0 Å². The number of nitrogens with one attached hydrogen (secondary N) is 2. The minimum absolute atomic E-state index is 0.185. The SMILES string of the molecule is CNC(=O)c1cccc(C)c1NCC(O)CO. The maximum atomic E-state index is 11.6. The van der Waals surface area contributed by atoms with Crippen molar-refractivity contribution in [1.29, 1.82) is 0 Å². The van der Waals surface area contributed by atoms with Gasteiger partial charge in [0.2, 0.25) is 0 Å². The Morgan fingerprint density at radius 1 is 1.47 bits per heavy atom. The molecule has 0 fully saturated rings. The lowest BCUT2D eigenvalue weighted by atomic mass is 10.1. The molecule has 1 aromatic rings. The smallest absolute Gasteiger partial charge is 0.253 e. The highest BCUT2D eigenvalue weighted by Gasteiger charge is 2.12. The molecule has 0 aliphatic carbocycles. The van der Waals surface area contributed by atoms with Crippen molar-refractivity contribution in [2.45, 2.75) is 13.0 Å². The number of para-hydroxylation sites is 1. The van der Waals surface area contributed by atoms with Crippen LogP contribution in [0.25, 0.3) is 0 Å². The Bertz CT molecular complexity index is 393. The van der Waals surface area contributed by atoms with Crippen molar-refractivity contribution in [2.75, 3.05) is 25.5 Å². The molecule has 4 N–H and O–H groups in total. The quantitative estimate of drug-likeness (QED) is 0.587. The highest BCUT2D eigenvalue weighted by atomic mass is 16.3. The lowest BCUT2D eigenvalue weighted by Gasteiger charge is -2.15. The molecule has 5 nitrogen and oxygen atoms in total. The summed E-state index contributed by atoms with van der Waals surface area (Å²) in [4.78, 5) is 11.6. The summed E-state index contributed by atoms with van der Waals surface area (Å²) < 4.78 is 0. The summed E-state index contributed by atoms with van der Waals surface area (Å²) in [5.41, 5.74) is 2.12. The van der Waals surface area contributed by atoms with Crippen LogP contribution in [0.1, 0.15) is 15.9 Å². The minimum atomic E-state index is -0.841. The Morgan fingerprint density at radius 2 is 2.18 bits per heavy atom. The molecule has 0 aromatic heterocycles. The van der Waals surface area contributed by atoms with Crippen LogP contribution in [0, 0.1) is 6.92 Å². The van der Waals surface area contributed by atoms with Crippen LogP contribution in [-0.4, -0.2) is 42.4 Å². The number of aryl methyl sites for hydroxylation is 1. The van der Waals surface area contributed by atoms with Crippen LogP contribution >= 0.6 is 0 Å². The Balaban J connectivity index is 2.92. The second-order valence-corrected chi connectivity index (χ2v) is 3.79. The number of hydrogen-bond donors (Lipinski definition) is 4. The first-order valence-electron chi connectivity index (χ1n) is 5.44. The Hall–Kier alpha value is -1.59. The maximum absolute atomic E-state index is 11.6. The Kier molecular flexibility index (Phi) is 4.93. The summed E-state index contributed by atoms with van der Waals surface area (Å²) >= 11 is 0. The maximum Gasteiger partial charge on any atom is 0.253 e. The van der Waals surface area contributed by atoms with E-state index in [1.54, 1.807) is 19.2 Å². The summed E-state index contributed by atoms with van der Waals surface area (Å²) in [6.07, 6.45) is -0.841. The number of amides is 1. The minimum Gasteiger partial charge on any atom is -0.394 e. The molecule has 5 heteroatoms. The number of anilines is 1. The van der Waals surface area contributed by atoms with Crippen molar-refractivity contribution in [3.63, 3.8) is 0 Å². The molecule has 0 radical (unpaired) electrons. The highest BCUT2D eigenvalue weighted by Crippen LogP contribution is 2.20. The number of carbonyl (C=O) groups is 1. The largest absolute Gasteiger partial charge is 0.394 e. The van der Waals surface area contributed by atoms with Gasteiger partial charge in [0.05, 0.1) is 18.3 Å². The van der Waals surface area contributed by atoms with Gasteiger partial charge in [-0.1, -0.05) is 12.1 Å². The number of aliphatic hydroxyl groups is 2. The van der Waals surface area contributed by atoms with Gasteiger partial charge >= 0.3 is 0 Å². The number of aliphatic hydroxyl groups excluding tert-OH is 2. The van der Waals surface area contributed by atoms with Gasteiger partial charge in [0.1, 0.15) is 0 Å². The average Bonchev–Trinajstić information content (AvgIpc) is 2.35. The molecular formula is C12H18N2O3. The summed E-state index contributed by atoms with van der Waals surface area (Å²) in [6, 6.07) is 5.38. The number of carbonyl (C=O) groups excluding carboxylic acids is 1. The van der Waals surface area contributed by atoms with Gasteiger partial charge in [0.15, 0.2) is 0 Å². The van der Waals surface area contributed by atoms with Crippen LogP contribution in [0.3, 0.4) is 0 Å². The van der Waals surface area contributed by atoms with E-state index < -0.39 is 6.10 Å². The zero-order valence-electron chi connectivity index (χ0n) is 10.0. The summed E-state index contributed by atoms with van der Waals surface area (Å²) in [6.45, 7) is 1.76. The van der Waals surface area contributed by atoms with E-state index in [-0.39, 0.29) is 19.1 Å². The lowest BCUT2D eigenvalue weighted by Crippen LogP contribution is -2.25. The van der Waals surface area contributed by atoms with E-state index in [1.807, 2.05) is 13.0 Å². The first-order chi connectivity index (χ1) is 8.10. The third kappa shape index (κ3) is 3.44. The van der Waals surface area contributed by atoms with Crippen LogP contribution in [0.5, 0.6) is 0 Å². The van der Waals surface area contributed by atoms with Gasteiger partial charge in [-0.25, -0.2) is 0 Å². The molecule has 0 saturated heterocycles. The molecule has 0 aliphatic rings. The van der Waals surface area contributed by atoms with Crippen LogP contribution in [-0.2, 0) is 0 Å². The summed E-state index contributed by atoms with van der Waals surface area (Å²) in [5.74, 6) is -0.185.